The Morgan fingerprint density at radius 3 is 3.00 bits per heavy atom. The largest absolute Gasteiger partial charge is 0.386 e. The van der Waals surface area contributed by atoms with Crippen molar-refractivity contribution in [3.05, 3.63) is 34.6 Å². The second-order valence-electron chi connectivity index (χ2n) is 4.33. The fourth-order valence-electron chi connectivity index (χ4n) is 1.75. The number of rotatable bonds is 3. The first-order valence-electron chi connectivity index (χ1n) is 5.54. The Hall–Kier alpha value is -1.17. The quantitative estimate of drug-likeness (QED) is 0.874. The highest BCUT2D eigenvalue weighted by molar-refractivity contribution is 6.33. The molecule has 6 heteroatoms. The van der Waals surface area contributed by atoms with Gasteiger partial charge in [0.15, 0.2) is 0 Å². The lowest BCUT2D eigenvalue weighted by molar-refractivity contribution is 0.0264. The van der Waals surface area contributed by atoms with Gasteiger partial charge in [-0.05, 0) is 18.2 Å². The van der Waals surface area contributed by atoms with E-state index in [2.05, 4.69) is 5.32 Å². The predicted octanol–water partition coefficient (Wildman–Crippen LogP) is 1.36. The minimum Gasteiger partial charge on any atom is -0.386 e. The minimum atomic E-state index is -1.03. The van der Waals surface area contributed by atoms with Crippen molar-refractivity contribution in [2.75, 3.05) is 19.8 Å². The van der Waals surface area contributed by atoms with Crippen molar-refractivity contribution in [2.45, 2.75) is 12.0 Å². The lowest BCUT2D eigenvalue weighted by Crippen LogP contribution is -2.43. The van der Waals surface area contributed by atoms with Gasteiger partial charge in [0.05, 0.1) is 17.2 Å². The predicted molar refractivity (Wildman–Crippen MR) is 64.1 cm³/mol. The van der Waals surface area contributed by atoms with Gasteiger partial charge in [0.2, 0.25) is 0 Å². The van der Waals surface area contributed by atoms with Crippen molar-refractivity contribution in [2.24, 2.45) is 0 Å². The smallest absolute Gasteiger partial charge is 0.252 e. The summed E-state index contributed by atoms with van der Waals surface area (Å²) in [5, 5.41) is 12.6. The van der Waals surface area contributed by atoms with Crippen molar-refractivity contribution >= 4 is 17.5 Å². The molecule has 0 aromatic heterocycles. The van der Waals surface area contributed by atoms with Crippen LogP contribution < -0.4 is 5.32 Å². The molecule has 0 unspecified atom stereocenters. The summed E-state index contributed by atoms with van der Waals surface area (Å²) < 4.78 is 17.9. The fourth-order valence-corrected chi connectivity index (χ4v) is 2.00. The molecule has 1 aliphatic rings. The molecule has 18 heavy (non-hydrogen) atoms. The van der Waals surface area contributed by atoms with Gasteiger partial charge in [-0.2, -0.15) is 0 Å². The molecular weight excluding hydrogens is 261 g/mol. The van der Waals surface area contributed by atoms with Gasteiger partial charge in [-0.3, -0.25) is 4.79 Å². The number of hydrogen-bond acceptors (Lipinski definition) is 3. The van der Waals surface area contributed by atoms with E-state index in [0.717, 1.165) is 12.1 Å². The molecule has 1 atom stereocenters. The fraction of sp³-hybridized carbons (Fsp3) is 0.417. The highest BCUT2D eigenvalue weighted by Gasteiger charge is 2.32. The highest BCUT2D eigenvalue weighted by atomic mass is 35.5. The summed E-state index contributed by atoms with van der Waals surface area (Å²) in [7, 11) is 0. The molecule has 1 aromatic carbocycles. The van der Waals surface area contributed by atoms with Gasteiger partial charge in [-0.25, -0.2) is 4.39 Å². The molecular formula is C12H13ClFNO3. The number of carbonyl (C=O) groups excluding carboxylic acids is 1. The van der Waals surface area contributed by atoms with Crippen molar-refractivity contribution in [3.8, 4) is 0 Å². The van der Waals surface area contributed by atoms with Gasteiger partial charge in [0, 0.05) is 19.6 Å². The maximum Gasteiger partial charge on any atom is 0.252 e. The van der Waals surface area contributed by atoms with Crippen LogP contribution >= 0.6 is 11.6 Å². The average molecular weight is 274 g/mol. The summed E-state index contributed by atoms with van der Waals surface area (Å²) in [5.74, 6) is -0.945. The second-order valence-corrected chi connectivity index (χ2v) is 4.74. The van der Waals surface area contributed by atoms with E-state index in [1.165, 1.54) is 6.07 Å². The molecule has 0 saturated carbocycles. The number of carbonyl (C=O) groups is 1. The lowest BCUT2D eigenvalue weighted by atomic mass is 10.0. The Morgan fingerprint density at radius 1 is 1.61 bits per heavy atom. The summed E-state index contributed by atoms with van der Waals surface area (Å²) >= 11 is 5.77. The number of benzene rings is 1. The van der Waals surface area contributed by atoms with E-state index in [1.807, 2.05) is 0 Å². The third kappa shape index (κ3) is 2.98. The van der Waals surface area contributed by atoms with Crippen LogP contribution in [0.25, 0.3) is 0 Å². The monoisotopic (exact) mass is 273 g/mol. The van der Waals surface area contributed by atoms with Gasteiger partial charge >= 0.3 is 0 Å². The molecule has 1 aromatic rings. The lowest BCUT2D eigenvalue weighted by Gasteiger charge is -2.20. The molecule has 1 fully saturated rings. The topological polar surface area (TPSA) is 58.6 Å². The summed E-state index contributed by atoms with van der Waals surface area (Å²) in [6.45, 7) is 0.758. The normalized spacial score (nSPS) is 23.1. The number of aliphatic hydroxyl groups is 1. The van der Waals surface area contributed by atoms with Crippen LogP contribution in [0.4, 0.5) is 4.39 Å². The Labute approximate surface area is 109 Å². The van der Waals surface area contributed by atoms with Gasteiger partial charge in [-0.15, -0.1) is 0 Å². The van der Waals surface area contributed by atoms with Crippen LogP contribution in [0.3, 0.4) is 0 Å². The van der Waals surface area contributed by atoms with E-state index < -0.39 is 17.3 Å². The molecule has 0 bridgehead atoms. The minimum absolute atomic E-state index is 0.0437. The summed E-state index contributed by atoms with van der Waals surface area (Å²) in [4.78, 5) is 11.8. The summed E-state index contributed by atoms with van der Waals surface area (Å²) in [6.07, 6.45) is 0.477. The molecule has 2 N–H and O–H groups in total. The highest BCUT2D eigenvalue weighted by Crippen LogP contribution is 2.19. The maximum atomic E-state index is 12.8. The molecule has 2 rings (SSSR count). The molecule has 1 aliphatic heterocycles. The van der Waals surface area contributed by atoms with Gasteiger partial charge in [-0.1, -0.05) is 11.6 Å². The average Bonchev–Trinajstić information content (AvgIpc) is 2.74. The standard InChI is InChI=1S/C12H13ClFNO3/c13-10-5-8(14)1-2-9(10)11(16)15-6-12(17)3-4-18-7-12/h1-2,5,17H,3-4,6-7H2,(H,15,16)/t12-/m1/s1. The Bertz CT molecular complexity index is 461. The molecule has 0 spiro atoms. The molecule has 98 valence electrons. The van der Waals surface area contributed by atoms with Crippen LogP contribution in [0, 0.1) is 5.82 Å². The third-order valence-corrected chi connectivity index (χ3v) is 3.15. The number of amides is 1. The number of halogens is 2. The molecule has 4 nitrogen and oxygen atoms in total. The van der Waals surface area contributed by atoms with Gasteiger partial charge in [0.1, 0.15) is 11.4 Å². The molecule has 0 aliphatic carbocycles. The maximum absolute atomic E-state index is 12.8. The van der Waals surface area contributed by atoms with E-state index in [0.29, 0.717) is 13.0 Å². The van der Waals surface area contributed by atoms with Crippen molar-refractivity contribution < 1.29 is 19.0 Å². The summed E-state index contributed by atoms with van der Waals surface area (Å²) in [5.41, 5.74) is -0.845. The third-order valence-electron chi connectivity index (χ3n) is 2.84. The van der Waals surface area contributed by atoms with Crippen LogP contribution in [0.5, 0.6) is 0 Å². The second kappa shape index (κ2) is 5.22. The molecule has 1 amide bonds. The van der Waals surface area contributed by atoms with Crippen molar-refractivity contribution in [1.82, 2.24) is 5.32 Å². The first-order valence-corrected chi connectivity index (χ1v) is 5.91. The van der Waals surface area contributed by atoms with E-state index in [4.69, 9.17) is 16.3 Å². The molecule has 1 saturated heterocycles. The van der Waals surface area contributed by atoms with Crippen LogP contribution in [-0.2, 0) is 4.74 Å². The van der Waals surface area contributed by atoms with Crippen molar-refractivity contribution in [3.63, 3.8) is 0 Å². The van der Waals surface area contributed by atoms with E-state index in [9.17, 15) is 14.3 Å². The Kier molecular flexibility index (Phi) is 3.85. The zero-order valence-corrected chi connectivity index (χ0v) is 10.3. The van der Waals surface area contributed by atoms with Crippen LogP contribution in [-0.4, -0.2) is 36.4 Å². The zero-order chi connectivity index (χ0) is 13.2. The molecule has 1 heterocycles. The van der Waals surface area contributed by atoms with Gasteiger partial charge in [0.25, 0.3) is 5.91 Å². The first kappa shape index (κ1) is 13.3. The molecule has 0 radical (unpaired) electrons. The van der Waals surface area contributed by atoms with Crippen LogP contribution in [0.1, 0.15) is 16.8 Å². The van der Waals surface area contributed by atoms with Crippen LogP contribution in [0.15, 0.2) is 18.2 Å². The number of ether oxygens (including phenoxy) is 1. The summed E-state index contributed by atoms with van der Waals surface area (Å²) in [6, 6.07) is 3.54. The van der Waals surface area contributed by atoms with Gasteiger partial charge < -0.3 is 15.2 Å². The van der Waals surface area contributed by atoms with Crippen LogP contribution in [0.2, 0.25) is 5.02 Å². The first-order chi connectivity index (χ1) is 8.50. The van der Waals surface area contributed by atoms with E-state index in [1.54, 1.807) is 0 Å². The van der Waals surface area contributed by atoms with Crippen molar-refractivity contribution in [1.29, 1.82) is 0 Å². The Morgan fingerprint density at radius 2 is 2.39 bits per heavy atom. The van der Waals surface area contributed by atoms with E-state index in [-0.39, 0.29) is 23.7 Å². The SMILES string of the molecule is O=C(NC[C@]1(O)CCOC1)c1ccc(F)cc1Cl. The number of hydrogen-bond donors (Lipinski definition) is 2. The number of nitrogens with one attached hydrogen (secondary N) is 1. The van der Waals surface area contributed by atoms with E-state index >= 15 is 0 Å². The Balaban J connectivity index is 1.99. The zero-order valence-electron chi connectivity index (χ0n) is 9.58.